The molecule has 120 valence electrons. The molecule has 0 saturated carbocycles. The smallest absolute Gasteiger partial charge is 0.306 e. The Balaban J connectivity index is 4.48. The molecule has 4 nitrogen and oxygen atoms in total. The Morgan fingerprint density at radius 2 is 1.15 bits per heavy atom. The third-order valence-corrected chi connectivity index (χ3v) is 3.29. The van der Waals surface area contributed by atoms with Crippen LogP contribution in [-0.4, -0.2) is 42.2 Å². The van der Waals surface area contributed by atoms with Crippen LogP contribution in [0.3, 0.4) is 0 Å². The minimum atomic E-state index is -1.01. The molecule has 0 fully saturated rings. The topological polar surface area (TPSA) is 36.9 Å². The van der Waals surface area contributed by atoms with E-state index in [0.717, 1.165) is 38.5 Å². The zero-order chi connectivity index (χ0) is 15.1. The van der Waals surface area contributed by atoms with Crippen molar-refractivity contribution >= 4 is 9.76 Å². The van der Waals surface area contributed by atoms with Gasteiger partial charge in [-0.1, -0.05) is 40.0 Å². The van der Waals surface area contributed by atoms with Crippen molar-refractivity contribution in [3.8, 4) is 0 Å². The SMILES string of the molecule is CCCCOC(CO[Si]C)(OCCCC)OCCCC. The van der Waals surface area contributed by atoms with E-state index in [0.29, 0.717) is 36.2 Å². The second-order valence-electron chi connectivity index (χ2n) is 4.78. The van der Waals surface area contributed by atoms with Gasteiger partial charge in [0.05, 0.1) is 19.8 Å². The standard InChI is InChI=1S/C15H32O4Si/c1-5-8-11-16-15(14-19-20-4,17-12-9-6-2)18-13-10-7-3/h5-14H2,1-4H3. The van der Waals surface area contributed by atoms with E-state index in [4.69, 9.17) is 18.6 Å². The maximum absolute atomic E-state index is 5.90. The molecule has 0 N–H and O–H groups in total. The van der Waals surface area contributed by atoms with Gasteiger partial charge in [0.15, 0.2) is 0 Å². The lowest BCUT2D eigenvalue weighted by molar-refractivity contribution is -0.389. The molecule has 0 aromatic carbocycles. The highest BCUT2D eigenvalue weighted by Crippen LogP contribution is 2.19. The van der Waals surface area contributed by atoms with E-state index in [1.54, 1.807) is 0 Å². The van der Waals surface area contributed by atoms with E-state index in [1.807, 2.05) is 6.55 Å². The van der Waals surface area contributed by atoms with Gasteiger partial charge in [-0.05, 0) is 25.8 Å². The molecule has 0 heterocycles. The summed E-state index contributed by atoms with van der Waals surface area (Å²) < 4.78 is 23.2. The summed E-state index contributed by atoms with van der Waals surface area (Å²) in [6.45, 7) is 10.7. The minimum Gasteiger partial charge on any atom is -0.409 e. The van der Waals surface area contributed by atoms with Gasteiger partial charge in [-0.25, -0.2) is 0 Å². The predicted octanol–water partition coefficient (Wildman–Crippen LogP) is 3.77. The Morgan fingerprint density at radius 3 is 1.45 bits per heavy atom. The average molecular weight is 305 g/mol. The molecule has 20 heavy (non-hydrogen) atoms. The average Bonchev–Trinajstić information content (AvgIpc) is 2.46. The van der Waals surface area contributed by atoms with Crippen LogP contribution in [0.1, 0.15) is 59.3 Å². The highest BCUT2D eigenvalue weighted by molar-refractivity contribution is 6.24. The van der Waals surface area contributed by atoms with Crippen molar-refractivity contribution in [2.24, 2.45) is 0 Å². The predicted molar refractivity (Wildman–Crippen MR) is 82.9 cm³/mol. The van der Waals surface area contributed by atoms with Gasteiger partial charge in [0, 0.05) is 0 Å². The third-order valence-electron chi connectivity index (χ3n) is 2.85. The number of rotatable bonds is 15. The molecule has 0 atom stereocenters. The molecule has 0 aliphatic rings. The van der Waals surface area contributed by atoms with Gasteiger partial charge < -0.3 is 18.6 Å². The zero-order valence-corrected chi connectivity index (χ0v) is 14.7. The Morgan fingerprint density at radius 1 is 0.750 bits per heavy atom. The molecule has 0 aromatic rings. The Kier molecular flexibility index (Phi) is 14.1. The molecule has 0 bridgehead atoms. The highest BCUT2D eigenvalue weighted by Gasteiger charge is 2.33. The number of hydrogen-bond acceptors (Lipinski definition) is 4. The Hall–Kier alpha value is 0.0569. The largest absolute Gasteiger partial charge is 0.409 e. The zero-order valence-electron chi connectivity index (χ0n) is 13.7. The van der Waals surface area contributed by atoms with Crippen molar-refractivity contribution in [1.29, 1.82) is 0 Å². The van der Waals surface area contributed by atoms with Crippen molar-refractivity contribution in [2.45, 2.75) is 71.8 Å². The molecule has 5 heteroatoms. The van der Waals surface area contributed by atoms with Crippen molar-refractivity contribution in [3.05, 3.63) is 0 Å². The summed E-state index contributed by atoms with van der Waals surface area (Å²) in [7, 11) is 0.407. The molecular formula is C15H32O4Si. The van der Waals surface area contributed by atoms with Crippen LogP contribution in [0.4, 0.5) is 0 Å². The van der Waals surface area contributed by atoms with Crippen molar-refractivity contribution in [1.82, 2.24) is 0 Å². The fourth-order valence-corrected chi connectivity index (χ4v) is 1.85. The summed E-state index contributed by atoms with van der Waals surface area (Å²) in [5.74, 6) is -1.01. The van der Waals surface area contributed by atoms with Crippen LogP contribution >= 0.6 is 0 Å². The lowest BCUT2D eigenvalue weighted by Gasteiger charge is -2.33. The van der Waals surface area contributed by atoms with Crippen LogP contribution in [0, 0.1) is 0 Å². The van der Waals surface area contributed by atoms with E-state index in [-0.39, 0.29) is 0 Å². The van der Waals surface area contributed by atoms with Crippen LogP contribution in [-0.2, 0) is 18.6 Å². The maximum Gasteiger partial charge on any atom is 0.306 e. The van der Waals surface area contributed by atoms with Crippen LogP contribution in [0.2, 0.25) is 6.55 Å². The fourth-order valence-electron chi connectivity index (χ4n) is 1.53. The van der Waals surface area contributed by atoms with Crippen molar-refractivity contribution in [2.75, 3.05) is 26.4 Å². The van der Waals surface area contributed by atoms with Gasteiger partial charge in [-0.3, -0.25) is 0 Å². The van der Waals surface area contributed by atoms with Gasteiger partial charge in [0.2, 0.25) is 9.76 Å². The second kappa shape index (κ2) is 14.0. The lowest BCUT2D eigenvalue weighted by atomic mass is 10.3. The van der Waals surface area contributed by atoms with E-state index in [2.05, 4.69) is 20.8 Å². The molecule has 0 saturated heterocycles. The first-order valence-electron chi connectivity index (χ1n) is 7.95. The van der Waals surface area contributed by atoms with E-state index in [1.165, 1.54) is 0 Å². The first kappa shape index (κ1) is 20.1. The molecule has 0 amide bonds. The summed E-state index contributed by atoms with van der Waals surface area (Å²) >= 11 is 0. The van der Waals surface area contributed by atoms with Gasteiger partial charge in [0.25, 0.3) is 0 Å². The van der Waals surface area contributed by atoms with Crippen LogP contribution < -0.4 is 0 Å². The number of unbranched alkanes of at least 4 members (excludes halogenated alkanes) is 3. The fraction of sp³-hybridized carbons (Fsp3) is 1.00. The van der Waals surface area contributed by atoms with Crippen LogP contribution in [0.5, 0.6) is 0 Å². The quantitative estimate of drug-likeness (QED) is 0.262. The normalized spacial score (nSPS) is 12.0. The van der Waals surface area contributed by atoms with Crippen LogP contribution in [0.15, 0.2) is 0 Å². The second-order valence-corrected chi connectivity index (χ2v) is 5.48. The summed E-state index contributed by atoms with van der Waals surface area (Å²) in [4.78, 5) is 0. The Labute approximate surface area is 127 Å². The van der Waals surface area contributed by atoms with Crippen LogP contribution in [0.25, 0.3) is 0 Å². The van der Waals surface area contributed by atoms with Crippen molar-refractivity contribution in [3.63, 3.8) is 0 Å². The first-order valence-corrected chi connectivity index (χ1v) is 9.35. The molecule has 2 radical (unpaired) electrons. The first-order chi connectivity index (χ1) is 9.74. The summed E-state index contributed by atoms with van der Waals surface area (Å²) in [6.07, 6.45) is 6.29. The number of ether oxygens (including phenoxy) is 3. The molecule has 0 unspecified atom stereocenters. The molecule has 0 spiro atoms. The molecule has 0 aliphatic heterocycles. The van der Waals surface area contributed by atoms with E-state index in [9.17, 15) is 0 Å². The van der Waals surface area contributed by atoms with Crippen molar-refractivity contribution < 1.29 is 18.6 Å². The summed E-state index contributed by atoms with van der Waals surface area (Å²) in [5, 5.41) is 0. The van der Waals surface area contributed by atoms with Gasteiger partial charge in [0.1, 0.15) is 6.61 Å². The molecule has 0 aromatic heterocycles. The summed E-state index contributed by atoms with van der Waals surface area (Å²) in [6, 6.07) is 0. The summed E-state index contributed by atoms with van der Waals surface area (Å²) in [5.41, 5.74) is 0. The van der Waals surface area contributed by atoms with Gasteiger partial charge >= 0.3 is 5.97 Å². The van der Waals surface area contributed by atoms with Gasteiger partial charge in [-0.15, -0.1) is 0 Å². The highest BCUT2D eigenvalue weighted by atomic mass is 28.2. The lowest BCUT2D eigenvalue weighted by Crippen LogP contribution is -2.45. The maximum atomic E-state index is 5.90. The number of hydrogen-bond donors (Lipinski definition) is 0. The van der Waals surface area contributed by atoms with E-state index < -0.39 is 5.97 Å². The van der Waals surface area contributed by atoms with E-state index >= 15 is 0 Å². The molecule has 0 rings (SSSR count). The molecule has 0 aliphatic carbocycles. The minimum absolute atomic E-state index is 0.346. The third kappa shape index (κ3) is 9.88. The van der Waals surface area contributed by atoms with Gasteiger partial charge in [-0.2, -0.15) is 0 Å². The monoisotopic (exact) mass is 304 g/mol. The molecular weight excluding hydrogens is 272 g/mol. The Bertz CT molecular complexity index is 176.